The first kappa shape index (κ1) is 15.5. The SMILES string of the molecule is CC(C)c1nc2ccccc2n1CCc1ccc(C[C]=O)cc1. The second kappa shape index (κ2) is 6.78. The predicted molar refractivity (Wildman–Crippen MR) is 93.4 cm³/mol. The molecule has 3 rings (SSSR count). The highest BCUT2D eigenvalue weighted by atomic mass is 16.1. The molecule has 3 aromatic rings. The topological polar surface area (TPSA) is 34.9 Å². The van der Waals surface area contributed by atoms with E-state index in [-0.39, 0.29) is 0 Å². The molecule has 1 radical (unpaired) electrons. The van der Waals surface area contributed by atoms with Crippen molar-refractivity contribution in [1.82, 2.24) is 9.55 Å². The summed E-state index contributed by atoms with van der Waals surface area (Å²) in [4.78, 5) is 15.2. The maximum absolute atomic E-state index is 10.4. The van der Waals surface area contributed by atoms with Gasteiger partial charge in [0.1, 0.15) is 5.82 Å². The van der Waals surface area contributed by atoms with Crippen molar-refractivity contribution in [3.63, 3.8) is 0 Å². The van der Waals surface area contributed by atoms with Gasteiger partial charge in [-0.2, -0.15) is 0 Å². The molecule has 1 aromatic heterocycles. The van der Waals surface area contributed by atoms with Gasteiger partial charge in [0, 0.05) is 18.9 Å². The third-order valence-corrected chi connectivity index (χ3v) is 4.12. The quantitative estimate of drug-likeness (QED) is 0.688. The van der Waals surface area contributed by atoms with Gasteiger partial charge in [0.15, 0.2) is 0 Å². The Morgan fingerprint density at radius 1 is 1.04 bits per heavy atom. The van der Waals surface area contributed by atoms with Crippen molar-refractivity contribution in [3.05, 3.63) is 65.5 Å². The highest BCUT2D eigenvalue weighted by molar-refractivity contribution is 5.76. The van der Waals surface area contributed by atoms with E-state index in [9.17, 15) is 4.79 Å². The summed E-state index contributed by atoms with van der Waals surface area (Å²) in [5, 5.41) is 0. The summed E-state index contributed by atoms with van der Waals surface area (Å²) in [5.74, 6) is 1.53. The van der Waals surface area contributed by atoms with Crippen molar-refractivity contribution in [2.24, 2.45) is 0 Å². The lowest BCUT2D eigenvalue weighted by atomic mass is 10.1. The third-order valence-electron chi connectivity index (χ3n) is 4.12. The molecule has 3 heteroatoms. The van der Waals surface area contributed by atoms with E-state index < -0.39 is 0 Å². The van der Waals surface area contributed by atoms with Gasteiger partial charge in [0.25, 0.3) is 0 Å². The van der Waals surface area contributed by atoms with E-state index in [2.05, 4.69) is 48.7 Å². The van der Waals surface area contributed by atoms with Crippen molar-refractivity contribution in [3.8, 4) is 0 Å². The van der Waals surface area contributed by atoms with Crippen LogP contribution in [0.25, 0.3) is 11.0 Å². The molecule has 23 heavy (non-hydrogen) atoms. The van der Waals surface area contributed by atoms with Crippen molar-refractivity contribution < 1.29 is 4.79 Å². The van der Waals surface area contributed by atoms with E-state index in [1.165, 1.54) is 11.1 Å². The highest BCUT2D eigenvalue weighted by Gasteiger charge is 2.13. The Kier molecular flexibility index (Phi) is 4.56. The summed E-state index contributed by atoms with van der Waals surface area (Å²) in [5.41, 5.74) is 4.54. The smallest absolute Gasteiger partial charge is 0.203 e. The fourth-order valence-corrected chi connectivity index (χ4v) is 2.92. The van der Waals surface area contributed by atoms with Gasteiger partial charge in [-0.15, -0.1) is 0 Å². The molecular formula is C20H21N2O. The highest BCUT2D eigenvalue weighted by Crippen LogP contribution is 2.22. The zero-order chi connectivity index (χ0) is 16.2. The number of fused-ring (bicyclic) bond motifs is 1. The van der Waals surface area contributed by atoms with E-state index in [0.717, 1.165) is 29.9 Å². The molecule has 2 aromatic carbocycles. The van der Waals surface area contributed by atoms with Crippen LogP contribution in [0, 0.1) is 0 Å². The Hall–Kier alpha value is -2.42. The van der Waals surface area contributed by atoms with E-state index in [1.807, 2.05) is 24.5 Å². The number of carbonyl (C=O) groups excluding carboxylic acids is 1. The number of aryl methyl sites for hydroxylation is 2. The van der Waals surface area contributed by atoms with E-state index in [0.29, 0.717) is 12.3 Å². The minimum absolute atomic E-state index is 0.365. The number of nitrogens with zero attached hydrogens (tertiary/aromatic N) is 2. The Balaban J connectivity index is 1.83. The molecule has 0 atom stereocenters. The number of benzene rings is 2. The molecule has 0 spiro atoms. The average molecular weight is 305 g/mol. The Labute approximate surface area is 137 Å². The molecule has 0 N–H and O–H groups in total. The molecule has 0 fully saturated rings. The second-order valence-corrected chi connectivity index (χ2v) is 6.15. The Bertz CT molecular complexity index is 800. The van der Waals surface area contributed by atoms with Crippen LogP contribution < -0.4 is 0 Å². The molecular weight excluding hydrogens is 284 g/mol. The summed E-state index contributed by atoms with van der Waals surface area (Å²) in [6.45, 7) is 5.28. The van der Waals surface area contributed by atoms with Crippen LogP contribution in [-0.4, -0.2) is 15.8 Å². The summed E-state index contributed by atoms with van der Waals surface area (Å²) in [6.07, 6.45) is 3.25. The molecule has 0 amide bonds. The molecule has 0 aliphatic rings. The number of aromatic nitrogens is 2. The summed E-state index contributed by atoms with van der Waals surface area (Å²) < 4.78 is 2.33. The minimum Gasteiger partial charge on any atom is -0.327 e. The van der Waals surface area contributed by atoms with Gasteiger partial charge >= 0.3 is 0 Å². The second-order valence-electron chi connectivity index (χ2n) is 6.15. The molecule has 0 unspecified atom stereocenters. The van der Waals surface area contributed by atoms with Gasteiger partial charge in [0.05, 0.1) is 11.0 Å². The molecule has 3 nitrogen and oxygen atoms in total. The summed E-state index contributed by atoms with van der Waals surface area (Å²) in [7, 11) is 0. The molecule has 0 aliphatic heterocycles. The molecule has 0 saturated carbocycles. The van der Waals surface area contributed by atoms with Crippen LogP contribution in [0.15, 0.2) is 48.5 Å². The van der Waals surface area contributed by atoms with Gasteiger partial charge in [-0.3, -0.25) is 4.79 Å². The third kappa shape index (κ3) is 3.34. The zero-order valence-electron chi connectivity index (χ0n) is 13.6. The molecule has 0 bridgehead atoms. The van der Waals surface area contributed by atoms with Gasteiger partial charge in [0.2, 0.25) is 6.29 Å². The van der Waals surface area contributed by atoms with Crippen LogP contribution in [0.4, 0.5) is 0 Å². The van der Waals surface area contributed by atoms with Crippen LogP contribution in [0.1, 0.15) is 36.7 Å². The summed E-state index contributed by atoms with van der Waals surface area (Å²) in [6, 6.07) is 16.5. The van der Waals surface area contributed by atoms with E-state index in [1.54, 1.807) is 0 Å². The van der Waals surface area contributed by atoms with E-state index >= 15 is 0 Å². The fourth-order valence-electron chi connectivity index (χ4n) is 2.92. The first-order valence-corrected chi connectivity index (χ1v) is 8.07. The van der Waals surface area contributed by atoms with Crippen LogP contribution in [0.3, 0.4) is 0 Å². The van der Waals surface area contributed by atoms with Gasteiger partial charge in [-0.1, -0.05) is 50.2 Å². The van der Waals surface area contributed by atoms with E-state index in [4.69, 9.17) is 4.98 Å². The first-order chi connectivity index (χ1) is 11.2. The van der Waals surface area contributed by atoms with Crippen LogP contribution >= 0.6 is 0 Å². The van der Waals surface area contributed by atoms with Gasteiger partial charge in [-0.25, -0.2) is 4.98 Å². The lowest BCUT2D eigenvalue weighted by Gasteiger charge is -2.11. The van der Waals surface area contributed by atoms with Gasteiger partial charge in [-0.05, 0) is 29.7 Å². The number of imidazole rings is 1. The van der Waals surface area contributed by atoms with Crippen molar-refractivity contribution >= 4 is 17.3 Å². The maximum Gasteiger partial charge on any atom is 0.203 e. The molecule has 1 heterocycles. The lowest BCUT2D eigenvalue weighted by Crippen LogP contribution is -2.07. The number of rotatable bonds is 6. The standard InChI is InChI=1S/C20H21N2O/c1-15(2)20-21-18-5-3-4-6-19(18)22(20)13-11-16-7-9-17(10-8-16)12-14-23/h3-10,15H,11-13H2,1-2H3. The zero-order valence-corrected chi connectivity index (χ0v) is 13.6. The van der Waals surface area contributed by atoms with Crippen molar-refractivity contribution in [2.45, 2.75) is 39.2 Å². The monoisotopic (exact) mass is 305 g/mol. The normalized spacial score (nSPS) is 11.3. The van der Waals surface area contributed by atoms with Crippen LogP contribution in [0.2, 0.25) is 0 Å². The molecule has 0 saturated heterocycles. The lowest BCUT2D eigenvalue weighted by molar-refractivity contribution is 0.555. The first-order valence-electron chi connectivity index (χ1n) is 8.07. The maximum atomic E-state index is 10.4. The van der Waals surface area contributed by atoms with Crippen LogP contribution in [-0.2, 0) is 24.2 Å². The Morgan fingerprint density at radius 2 is 1.74 bits per heavy atom. The largest absolute Gasteiger partial charge is 0.327 e. The molecule has 0 aliphatic carbocycles. The number of hydrogen-bond donors (Lipinski definition) is 0. The number of para-hydroxylation sites is 2. The Morgan fingerprint density at radius 3 is 2.43 bits per heavy atom. The fraction of sp³-hybridized carbons (Fsp3) is 0.300. The predicted octanol–water partition coefficient (Wildman–Crippen LogP) is 4.05. The summed E-state index contributed by atoms with van der Waals surface area (Å²) >= 11 is 0. The molecule has 117 valence electrons. The van der Waals surface area contributed by atoms with Crippen molar-refractivity contribution in [2.75, 3.05) is 0 Å². The van der Waals surface area contributed by atoms with Crippen molar-refractivity contribution in [1.29, 1.82) is 0 Å². The van der Waals surface area contributed by atoms with Gasteiger partial charge < -0.3 is 4.57 Å². The minimum atomic E-state index is 0.365. The van der Waals surface area contributed by atoms with Crippen LogP contribution in [0.5, 0.6) is 0 Å². The average Bonchev–Trinajstić information content (AvgIpc) is 2.93. The number of hydrogen-bond acceptors (Lipinski definition) is 2.